The zero-order chi connectivity index (χ0) is 13.1. The van der Waals surface area contributed by atoms with Crippen LogP contribution in [-0.2, 0) is 0 Å². The van der Waals surface area contributed by atoms with Gasteiger partial charge in [0.15, 0.2) is 6.23 Å². The third-order valence-corrected chi connectivity index (χ3v) is 3.37. The summed E-state index contributed by atoms with van der Waals surface area (Å²) in [5.74, 6) is 0. The zero-order valence-corrected chi connectivity index (χ0v) is 11.3. The van der Waals surface area contributed by atoms with Gasteiger partial charge < -0.3 is 10.4 Å². The molecule has 18 heavy (non-hydrogen) atoms. The minimum absolute atomic E-state index is 0.441. The molecule has 0 aliphatic rings. The van der Waals surface area contributed by atoms with E-state index >= 15 is 0 Å². The van der Waals surface area contributed by atoms with Crippen LogP contribution in [0.25, 0.3) is 0 Å². The van der Waals surface area contributed by atoms with Crippen molar-refractivity contribution in [2.75, 3.05) is 5.32 Å². The first kappa shape index (κ1) is 13.2. The normalized spacial score (nSPS) is 12.2. The smallest absolute Gasteiger partial charge is 0.153 e. The Bertz CT molecular complexity index is 537. The van der Waals surface area contributed by atoms with Crippen molar-refractivity contribution >= 4 is 28.9 Å². The number of aliphatic hydroxyl groups is 1. The van der Waals surface area contributed by atoms with Crippen molar-refractivity contribution in [2.24, 2.45) is 0 Å². The van der Waals surface area contributed by atoms with Crippen molar-refractivity contribution in [3.8, 4) is 0 Å². The second-order valence-corrected chi connectivity index (χ2v) is 4.81. The van der Waals surface area contributed by atoms with Crippen LogP contribution in [0.3, 0.4) is 0 Å². The van der Waals surface area contributed by atoms with Crippen LogP contribution in [0.15, 0.2) is 42.5 Å². The van der Waals surface area contributed by atoms with Crippen LogP contribution in [-0.4, -0.2) is 5.11 Å². The summed E-state index contributed by atoms with van der Waals surface area (Å²) in [6.07, 6.45) is -0.938. The summed E-state index contributed by atoms with van der Waals surface area (Å²) in [5, 5.41) is 14.1. The molecule has 0 saturated carbocycles. The van der Waals surface area contributed by atoms with Crippen LogP contribution in [0.5, 0.6) is 0 Å². The van der Waals surface area contributed by atoms with Gasteiger partial charge in [0.2, 0.25) is 0 Å². The number of rotatable bonds is 3. The standard InChI is InChI=1S/C14H13Cl2NO/c1-9-5-2-3-8-12(9)17-14(18)13-10(15)6-4-7-11(13)16/h2-8,14,17-18H,1H3. The number of hydrogen-bond acceptors (Lipinski definition) is 2. The third kappa shape index (κ3) is 2.78. The van der Waals surface area contributed by atoms with Crippen LogP contribution in [0.2, 0.25) is 10.0 Å². The predicted octanol–water partition coefficient (Wildman–Crippen LogP) is 4.40. The number of nitrogens with one attached hydrogen (secondary N) is 1. The molecule has 0 amide bonds. The first-order valence-corrected chi connectivity index (χ1v) is 6.29. The molecule has 1 unspecified atom stereocenters. The lowest BCUT2D eigenvalue weighted by molar-refractivity contribution is 0.208. The van der Waals surface area contributed by atoms with Gasteiger partial charge in [-0.25, -0.2) is 0 Å². The first-order chi connectivity index (χ1) is 8.59. The molecule has 94 valence electrons. The van der Waals surface area contributed by atoms with Crippen molar-refractivity contribution in [2.45, 2.75) is 13.2 Å². The minimum Gasteiger partial charge on any atom is -0.369 e. The van der Waals surface area contributed by atoms with E-state index in [1.165, 1.54) is 0 Å². The monoisotopic (exact) mass is 281 g/mol. The van der Waals surface area contributed by atoms with Crippen LogP contribution >= 0.6 is 23.2 Å². The molecule has 0 bridgehead atoms. The number of halogens is 2. The molecule has 0 aliphatic carbocycles. The molecule has 0 aliphatic heterocycles. The summed E-state index contributed by atoms with van der Waals surface area (Å²) < 4.78 is 0. The lowest BCUT2D eigenvalue weighted by Gasteiger charge is -2.18. The Morgan fingerprint density at radius 2 is 1.61 bits per heavy atom. The Labute approximate surface area is 116 Å². The molecular formula is C14H13Cl2NO. The van der Waals surface area contributed by atoms with Gasteiger partial charge in [-0.3, -0.25) is 0 Å². The van der Waals surface area contributed by atoms with Gasteiger partial charge in [-0.05, 0) is 30.7 Å². The topological polar surface area (TPSA) is 32.3 Å². The molecule has 2 N–H and O–H groups in total. The van der Waals surface area contributed by atoms with Gasteiger partial charge in [0.25, 0.3) is 0 Å². The van der Waals surface area contributed by atoms with Crippen LogP contribution in [0.4, 0.5) is 5.69 Å². The Morgan fingerprint density at radius 3 is 2.22 bits per heavy atom. The lowest BCUT2D eigenvalue weighted by atomic mass is 10.1. The summed E-state index contributed by atoms with van der Waals surface area (Å²) in [6.45, 7) is 1.96. The Morgan fingerprint density at radius 1 is 1.00 bits per heavy atom. The highest BCUT2D eigenvalue weighted by atomic mass is 35.5. The SMILES string of the molecule is Cc1ccccc1NC(O)c1c(Cl)cccc1Cl. The highest BCUT2D eigenvalue weighted by Gasteiger charge is 2.15. The second kappa shape index (κ2) is 5.61. The summed E-state index contributed by atoms with van der Waals surface area (Å²) in [6, 6.07) is 12.8. The van der Waals surface area contributed by atoms with E-state index in [-0.39, 0.29) is 0 Å². The molecule has 0 aromatic heterocycles. The van der Waals surface area contributed by atoms with E-state index in [9.17, 15) is 5.11 Å². The van der Waals surface area contributed by atoms with Gasteiger partial charge in [0.05, 0.1) is 0 Å². The van der Waals surface area contributed by atoms with Crippen molar-refractivity contribution in [3.05, 3.63) is 63.6 Å². The Kier molecular flexibility index (Phi) is 4.12. The second-order valence-electron chi connectivity index (χ2n) is 4.00. The van der Waals surface area contributed by atoms with Gasteiger partial charge in [-0.2, -0.15) is 0 Å². The summed E-state index contributed by atoms with van der Waals surface area (Å²) in [5.41, 5.74) is 2.38. The summed E-state index contributed by atoms with van der Waals surface area (Å²) in [4.78, 5) is 0. The van der Waals surface area contributed by atoms with E-state index in [1.54, 1.807) is 18.2 Å². The maximum Gasteiger partial charge on any atom is 0.153 e. The minimum atomic E-state index is -0.938. The molecule has 4 heteroatoms. The average Bonchev–Trinajstić information content (AvgIpc) is 2.32. The molecule has 0 saturated heterocycles. The van der Waals surface area contributed by atoms with Crippen LogP contribution in [0, 0.1) is 6.92 Å². The fourth-order valence-corrected chi connectivity index (χ4v) is 2.33. The van der Waals surface area contributed by atoms with Crippen molar-refractivity contribution in [1.82, 2.24) is 0 Å². The maximum absolute atomic E-state index is 10.2. The lowest BCUT2D eigenvalue weighted by Crippen LogP contribution is -2.11. The highest BCUT2D eigenvalue weighted by molar-refractivity contribution is 6.36. The van der Waals surface area contributed by atoms with E-state index in [0.717, 1.165) is 11.3 Å². The average molecular weight is 282 g/mol. The van der Waals surface area contributed by atoms with Gasteiger partial charge in [0.1, 0.15) is 0 Å². The Hall–Kier alpha value is -1.22. The largest absolute Gasteiger partial charge is 0.369 e. The molecule has 0 spiro atoms. The molecule has 0 fully saturated rings. The van der Waals surface area contributed by atoms with Crippen molar-refractivity contribution in [3.63, 3.8) is 0 Å². The first-order valence-electron chi connectivity index (χ1n) is 5.53. The molecule has 2 aromatic carbocycles. The molecule has 0 heterocycles. The fourth-order valence-electron chi connectivity index (χ4n) is 1.73. The molecule has 2 aromatic rings. The van der Waals surface area contributed by atoms with Crippen LogP contribution in [0.1, 0.15) is 17.4 Å². The van der Waals surface area contributed by atoms with Crippen molar-refractivity contribution < 1.29 is 5.11 Å². The molecule has 0 radical (unpaired) electrons. The Balaban J connectivity index is 2.28. The number of aliphatic hydroxyl groups excluding tert-OH is 1. The number of anilines is 1. The van der Waals surface area contributed by atoms with Gasteiger partial charge >= 0.3 is 0 Å². The van der Waals surface area contributed by atoms with Crippen LogP contribution < -0.4 is 5.32 Å². The quantitative estimate of drug-likeness (QED) is 0.817. The highest BCUT2D eigenvalue weighted by Crippen LogP contribution is 2.31. The van der Waals surface area contributed by atoms with Crippen molar-refractivity contribution in [1.29, 1.82) is 0 Å². The van der Waals surface area contributed by atoms with E-state index < -0.39 is 6.23 Å². The third-order valence-electron chi connectivity index (χ3n) is 2.71. The molecule has 2 nitrogen and oxygen atoms in total. The van der Waals surface area contributed by atoms with E-state index in [2.05, 4.69) is 5.32 Å². The molecular weight excluding hydrogens is 269 g/mol. The molecule has 2 rings (SSSR count). The zero-order valence-electron chi connectivity index (χ0n) is 9.82. The fraction of sp³-hybridized carbons (Fsp3) is 0.143. The van der Waals surface area contributed by atoms with E-state index in [0.29, 0.717) is 15.6 Å². The summed E-state index contributed by atoms with van der Waals surface area (Å²) in [7, 11) is 0. The number of hydrogen-bond donors (Lipinski definition) is 2. The summed E-state index contributed by atoms with van der Waals surface area (Å²) >= 11 is 12.1. The van der Waals surface area contributed by atoms with E-state index in [1.807, 2.05) is 31.2 Å². The number of para-hydroxylation sites is 1. The van der Waals surface area contributed by atoms with Gasteiger partial charge in [-0.1, -0.05) is 47.5 Å². The molecule has 1 atom stereocenters. The number of benzene rings is 2. The van der Waals surface area contributed by atoms with Gasteiger partial charge in [-0.15, -0.1) is 0 Å². The predicted molar refractivity (Wildman–Crippen MR) is 76.2 cm³/mol. The van der Waals surface area contributed by atoms with Gasteiger partial charge in [0, 0.05) is 21.3 Å². The van der Waals surface area contributed by atoms with E-state index in [4.69, 9.17) is 23.2 Å². The number of aryl methyl sites for hydroxylation is 1. The maximum atomic E-state index is 10.2.